The van der Waals surface area contributed by atoms with Crippen LogP contribution in [-0.2, 0) is 16.1 Å². The Morgan fingerprint density at radius 1 is 1.19 bits per heavy atom. The van der Waals surface area contributed by atoms with Crippen LogP contribution < -0.4 is 10.2 Å². The third-order valence-corrected chi connectivity index (χ3v) is 4.73. The first-order valence-corrected chi connectivity index (χ1v) is 8.89. The lowest BCUT2D eigenvalue weighted by Crippen LogP contribution is -2.44. The highest BCUT2D eigenvalue weighted by molar-refractivity contribution is 6.04. The summed E-state index contributed by atoms with van der Waals surface area (Å²) < 4.78 is 0. The summed E-state index contributed by atoms with van der Waals surface area (Å²) in [4.78, 5) is 28.9. The molecule has 1 heterocycles. The summed E-state index contributed by atoms with van der Waals surface area (Å²) in [5.74, 6) is -0.0638. The number of benzene rings is 2. The largest absolute Gasteiger partial charge is 0.324 e. The molecule has 0 radical (unpaired) electrons. The number of para-hydroxylation sites is 2. The van der Waals surface area contributed by atoms with Crippen molar-refractivity contribution in [1.82, 2.24) is 4.90 Å². The summed E-state index contributed by atoms with van der Waals surface area (Å²) in [6.07, 6.45) is 0.294. The molecular weight excluding hydrogens is 326 g/mol. The van der Waals surface area contributed by atoms with Gasteiger partial charge in [0.2, 0.25) is 11.8 Å². The number of amides is 2. The normalized spacial score (nSPS) is 16.8. The number of nitrogens with zero attached hydrogens (tertiary/aromatic N) is 2. The minimum absolute atomic E-state index is 0.00228. The average molecular weight is 351 g/mol. The average Bonchev–Trinajstić information content (AvgIpc) is 2.71. The second-order valence-electron chi connectivity index (χ2n) is 6.98. The molecule has 0 unspecified atom stereocenters. The first-order valence-electron chi connectivity index (χ1n) is 8.89. The molecule has 5 heteroatoms. The van der Waals surface area contributed by atoms with Crippen molar-refractivity contribution in [2.45, 2.75) is 32.9 Å². The predicted molar refractivity (Wildman–Crippen MR) is 104 cm³/mol. The van der Waals surface area contributed by atoms with Crippen LogP contribution in [0.25, 0.3) is 0 Å². The van der Waals surface area contributed by atoms with Gasteiger partial charge in [-0.05, 0) is 44.2 Å². The first kappa shape index (κ1) is 18.1. The fourth-order valence-corrected chi connectivity index (χ4v) is 3.41. The smallest absolute Gasteiger partial charge is 0.241 e. The monoisotopic (exact) mass is 351 g/mol. The summed E-state index contributed by atoms with van der Waals surface area (Å²) in [5, 5.41) is 2.89. The summed E-state index contributed by atoms with van der Waals surface area (Å²) >= 11 is 0. The van der Waals surface area contributed by atoms with Gasteiger partial charge in [0.25, 0.3) is 0 Å². The Labute approximate surface area is 154 Å². The number of nitrogens with one attached hydrogen (secondary N) is 1. The van der Waals surface area contributed by atoms with E-state index in [4.69, 9.17) is 0 Å². The molecule has 0 aromatic heterocycles. The van der Waals surface area contributed by atoms with Gasteiger partial charge in [0.1, 0.15) is 0 Å². The molecule has 0 bridgehead atoms. The number of anilines is 2. The zero-order chi connectivity index (χ0) is 18.7. The van der Waals surface area contributed by atoms with Gasteiger partial charge in [-0.15, -0.1) is 0 Å². The fourth-order valence-electron chi connectivity index (χ4n) is 3.41. The lowest BCUT2D eigenvalue weighted by atomic mass is 10.1. The van der Waals surface area contributed by atoms with Crippen molar-refractivity contribution in [2.75, 3.05) is 23.8 Å². The molecule has 0 saturated heterocycles. The van der Waals surface area contributed by atoms with Crippen molar-refractivity contribution >= 4 is 23.2 Å². The molecule has 0 saturated carbocycles. The quantitative estimate of drug-likeness (QED) is 0.920. The first-order chi connectivity index (χ1) is 12.5. The Kier molecular flexibility index (Phi) is 5.38. The number of fused-ring (bicyclic) bond motifs is 1. The summed E-state index contributed by atoms with van der Waals surface area (Å²) in [6, 6.07) is 15.5. The standard InChI is InChI=1S/C21H25N3O2/c1-15-8-4-5-9-17(15)13-23(3)14-21(26)24-16(2)12-20(25)22-18-10-6-7-11-19(18)24/h4-11,16H,12-14H2,1-3H3,(H,22,25)/t16-/m1/s1. The van der Waals surface area contributed by atoms with Gasteiger partial charge in [-0.2, -0.15) is 0 Å². The summed E-state index contributed by atoms with van der Waals surface area (Å²) in [5.41, 5.74) is 3.89. The fraction of sp³-hybridized carbons (Fsp3) is 0.333. The van der Waals surface area contributed by atoms with Crippen LogP contribution in [0.4, 0.5) is 11.4 Å². The number of likely N-dealkylation sites (N-methyl/N-ethyl adjacent to an activating group) is 1. The number of carbonyl (C=O) groups excluding carboxylic acids is 2. The Balaban J connectivity index is 1.78. The van der Waals surface area contributed by atoms with E-state index in [1.165, 1.54) is 11.1 Å². The van der Waals surface area contributed by atoms with Crippen molar-refractivity contribution in [3.05, 3.63) is 59.7 Å². The molecule has 1 atom stereocenters. The van der Waals surface area contributed by atoms with Crippen molar-refractivity contribution in [2.24, 2.45) is 0 Å². The summed E-state index contributed by atoms with van der Waals surface area (Å²) in [7, 11) is 1.95. The Bertz CT molecular complexity index is 818. The SMILES string of the molecule is Cc1ccccc1CN(C)CC(=O)N1c2ccccc2NC(=O)C[C@H]1C. The zero-order valence-electron chi connectivity index (χ0n) is 15.5. The number of rotatable bonds is 4. The third kappa shape index (κ3) is 3.94. The van der Waals surface area contributed by atoms with Gasteiger partial charge in [-0.1, -0.05) is 36.4 Å². The molecule has 0 fully saturated rings. The van der Waals surface area contributed by atoms with Crippen LogP contribution in [0.15, 0.2) is 48.5 Å². The Morgan fingerprint density at radius 2 is 1.88 bits per heavy atom. The van der Waals surface area contributed by atoms with Gasteiger partial charge in [0.15, 0.2) is 0 Å². The second-order valence-corrected chi connectivity index (χ2v) is 6.98. The van der Waals surface area contributed by atoms with Crippen LogP contribution in [0.3, 0.4) is 0 Å². The van der Waals surface area contributed by atoms with Crippen LogP contribution in [0.1, 0.15) is 24.5 Å². The van der Waals surface area contributed by atoms with Crippen LogP contribution in [-0.4, -0.2) is 36.3 Å². The van der Waals surface area contributed by atoms with Gasteiger partial charge in [-0.3, -0.25) is 14.5 Å². The molecule has 26 heavy (non-hydrogen) atoms. The molecule has 5 nitrogen and oxygen atoms in total. The van der Waals surface area contributed by atoms with Gasteiger partial charge in [-0.25, -0.2) is 0 Å². The van der Waals surface area contributed by atoms with Crippen molar-refractivity contribution in [3.8, 4) is 0 Å². The highest BCUT2D eigenvalue weighted by Gasteiger charge is 2.29. The van der Waals surface area contributed by atoms with Gasteiger partial charge < -0.3 is 10.2 Å². The van der Waals surface area contributed by atoms with E-state index in [-0.39, 0.29) is 17.9 Å². The topological polar surface area (TPSA) is 52.7 Å². The third-order valence-electron chi connectivity index (χ3n) is 4.73. The minimum atomic E-state index is -0.182. The Hall–Kier alpha value is -2.66. The van der Waals surface area contributed by atoms with Crippen molar-refractivity contribution in [3.63, 3.8) is 0 Å². The number of carbonyl (C=O) groups is 2. The molecule has 1 aliphatic heterocycles. The van der Waals surface area contributed by atoms with Gasteiger partial charge >= 0.3 is 0 Å². The van der Waals surface area contributed by atoms with E-state index in [1.807, 2.05) is 55.3 Å². The van der Waals surface area contributed by atoms with E-state index in [0.717, 1.165) is 5.69 Å². The molecule has 1 aliphatic rings. The maximum Gasteiger partial charge on any atom is 0.241 e. The maximum atomic E-state index is 13.1. The van der Waals surface area contributed by atoms with Crippen LogP contribution in [0.5, 0.6) is 0 Å². The lowest BCUT2D eigenvalue weighted by molar-refractivity contribution is -0.120. The van der Waals surface area contributed by atoms with Crippen LogP contribution in [0, 0.1) is 6.92 Å². The van der Waals surface area contributed by atoms with Crippen LogP contribution >= 0.6 is 0 Å². The molecule has 2 aromatic rings. The van der Waals surface area contributed by atoms with E-state index in [1.54, 1.807) is 4.90 Å². The number of hydrogen-bond acceptors (Lipinski definition) is 3. The van der Waals surface area contributed by atoms with Gasteiger partial charge in [0.05, 0.1) is 17.9 Å². The minimum Gasteiger partial charge on any atom is -0.324 e. The number of aryl methyl sites for hydroxylation is 1. The molecule has 1 N–H and O–H groups in total. The lowest BCUT2D eigenvalue weighted by Gasteiger charge is -2.30. The molecule has 2 aromatic carbocycles. The van der Waals surface area contributed by atoms with Crippen LogP contribution in [0.2, 0.25) is 0 Å². The highest BCUT2D eigenvalue weighted by Crippen LogP contribution is 2.31. The van der Waals surface area contributed by atoms with Gasteiger partial charge in [0, 0.05) is 19.0 Å². The Morgan fingerprint density at radius 3 is 2.65 bits per heavy atom. The zero-order valence-corrected chi connectivity index (χ0v) is 15.5. The molecule has 2 amide bonds. The number of hydrogen-bond donors (Lipinski definition) is 1. The maximum absolute atomic E-state index is 13.1. The van der Waals surface area contributed by atoms with E-state index in [2.05, 4.69) is 24.4 Å². The molecule has 136 valence electrons. The van der Waals surface area contributed by atoms with E-state index < -0.39 is 0 Å². The predicted octanol–water partition coefficient (Wildman–Crippen LogP) is 3.19. The second kappa shape index (κ2) is 7.70. The summed E-state index contributed by atoms with van der Waals surface area (Å²) in [6.45, 7) is 5.00. The molecule has 0 aliphatic carbocycles. The van der Waals surface area contributed by atoms with E-state index in [0.29, 0.717) is 25.2 Å². The van der Waals surface area contributed by atoms with E-state index in [9.17, 15) is 9.59 Å². The highest BCUT2D eigenvalue weighted by atomic mass is 16.2. The molecule has 3 rings (SSSR count). The van der Waals surface area contributed by atoms with E-state index >= 15 is 0 Å². The van der Waals surface area contributed by atoms with Crippen molar-refractivity contribution < 1.29 is 9.59 Å². The molecule has 0 spiro atoms. The molecular formula is C21H25N3O2. The van der Waals surface area contributed by atoms with Crippen molar-refractivity contribution in [1.29, 1.82) is 0 Å².